The molecule has 0 bridgehead atoms. The molecule has 2 nitrogen and oxygen atoms in total. The molecule has 0 saturated heterocycles. The van der Waals surface area contributed by atoms with Gasteiger partial charge in [-0.05, 0) is 43.8 Å². The van der Waals surface area contributed by atoms with Crippen molar-refractivity contribution >= 4 is 14.6 Å². The van der Waals surface area contributed by atoms with Crippen LogP contribution in [0.4, 0.5) is 0 Å². The Kier molecular flexibility index (Phi) is 5.41. The lowest BCUT2D eigenvalue weighted by molar-refractivity contribution is -0.113. The lowest BCUT2D eigenvalue weighted by Gasteiger charge is -2.48. The van der Waals surface area contributed by atoms with Gasteiger partial charge in [0.15, 0.2) is 8.32 Å². The van der Waals surface area contributed by atoms with E-state index in [1.54, 1.807) is 0 Å². The zero-order valence-electron chi connectivity index (χ0n) is 13.7. The van der Waals surface area contributed by atoms with Gasteiger partial charge in [0.1, 0.15) is 6.29 Å². The van der Waals surface area contributed by atoms with Crippen LogP contribution < -0.4 is 0 Å². The number of hydrogen-bond acceptors (Lipinski definition) is 2. The first-order valence-electron chi connectivity index (χ1n) is 7.76. The number of carbonyl (C=O) groups is 1. The zero-order valence-corrected chi connectivity index (χ0v) is 14.7. The maximum atomic E-state index is 11.1. The van der Waals surface area contributed by atoms with Crippen molar-refractivity contribution in [1.82, 2.24) is 0 Å². The van der Waals surface area contributed by atoms with Crippen LogP contribution in [0, 0.1) is 5.92 Å². The summed E-state index contributed by atoms with van der Waals surface area (Å²) in [5, 5.41) is 0.200. The van der Waals surface area contributed by atoms with Crippen molar-refractivity contribution in [1.29, 1.82) is 0 Å². The molecule has 0 aliphatic heterocycles. The van der Waals surface area contributed by atoms with Crippen LogP contribution >= 0.6 is 0 Å². The van der Waals surface area contributed by atoms with Gasteiger partial charge in [-0.1, -0.05) is 40.0 Å². The second-order valence-electron chi connectivity index (χ2n) is 7.88. The summed E-state index contributed by atoms with van der Waals surface area (Å²) in [6.45, 7) is 13.6. The van der Waals surface area contributed by atoms with Crippen LogP contribution in [0.3, 0.4) is 0 Å². The van der Waals surface area contributed by atoms with Gasteiger partial charge in [0.05, 0.1) is 5.60 Å². The number of carbonyl (C=O) groups excluding carboxylic acids is 1. The molecular weight excluding hydrogens is 252 g/mol. The van der Waals surface area contributed by atoms with Gasteiger partial charge in [-0.15, -0.1) is 0 Å². The van der Waals surface area contributed by atoms with Crippen LogP contribution in [0.5, 0.6) is 0 Å². The van der Waals surface area contributed by atoms with Gasteiger partial charge in [-0.3, -0.25) is 0 Å². The largest absolute Gasteiger partial charge is 0.411 e. The monoisotopic (exact) mass is 284 g/mol. The third kappa shape index (κ3) is 4.15. The Balaban J connectivity index is 2.89. The molecule has 1 aliphatic rings. The first-order chi connectivity index (χ1) is 8.62. The maximum absolute atomic E-state index is 11.1. The van der Waals surface area contributed by atoms with Crippen LogP contribution in [0.1, 0.15) is 66.2 Å². The molecule has 1 atom stereocenters. The lowest BCUT2D eigenvalue weighted by atomic mass is 9.76. The van der Waals surface area contributed by atoms with Crippen LogP contribution in [-0.4, -0.2) is 20.2 Å². The molecule has 0 radical (unpaired) electrons. The Morgan fingerprint density at radius 3 is 2.05 bits per heavy atom. The van der Waals surface area contributed by atoms with E-state index < -0.39 is 8.32 Å². The van der Waals surface area contributed by atoms with Crippen molar-refractivity contribution in [2.45, 2.75) is 90.0 Å². The van der Waals surface area contributed by atoms with E-state index in [0.717, 1.165) is 6.29 Å². The van der Waals surface area contributed by atoms with Gasteiger partial charge < -0.3 is 9.22 Å². The van der Waals surface area contributed by atoms with E-state index in [1.165, 1.54) is 32.1 Å². The molecule has 1 rings (SSSR count). The zero-order chi connectivity index (χ0) is 14.7. The number of hydrogen-bond donors (Lipinski definition) is 0. The van der Waals surface area contributed by atoms with E-state index in [1.807, 2.05) is 0 Å². The second-order valence-corrected chi connectivity index (χ2v) is 12.6. The highest BCUT2D eigenvalue weighted by Gasteiger charge is 2.45. The molecule has 0 aromatic heterocycles. The van der Waals surface area contributed by atoms with Gasteiger partial charge >= 0.3 is 0 Å². The molecule has 0 amide bonds. The number of rotatable bonds is 5. The molecule has 3 heteroatoms. The Labute approximate surface area is 120 Å². The van der Waals surface area contributed by atoms with Crippen molar-refractivity contribution in [2.75, 3.05) is 0 Å². The van der Waals surface area contributed by atoms with Crippen LogP contribution in [0.2, 0.25) is 18.1 Å². The molecule has 0 N–H and O–H groups in total. The van der Waals surface area contributed by atoms with Gasteiger partial charge in [0.25, 0.3) is 0 Å². The van der Waals surface area contributed by atoms with E-state index in [2.05, 4.69) is 40.8 Å². The summed E-state index contributed by atoms with van der Waals surface area (Å²) < 4.78 is 6.68. The number of aldehydes is 1. The topological polar surface area (TPSA) is 26.3 Å². The van der Waals surface area contributed by atoms with Gasteiger partial charge in [0.2, 0.25) is 0 Å². The van der Waals surface area contributed by atoms with E-state index in [4.69, 9.17) is 4.43 Å². The average Bonchev–Trinajstić information content (AvgIpc) is 2.28. The Hall–Kier alpha value is -0.153. The Morgan fingerprint density at radius 2 is 1.63 bits per heavy atom. The van der Waals surface area contributed by atoms with Crippen molar-refractivity contribution in [3.63, 3.8) is 0 Å². The quantitative estimate of drug-likeness (QED) is 0.528. The van der Waals surface area contributed by atoms with E-state index in [9.17, 15) is 4.79 Å². The van der Waals surface area contributed by atoms with Gasteiger partial charge in [-0.25, -0.2) is 0 Å². The standard InChI is InChI=1S/C16H32O2Si/c1-15(2,3)19(5,6)18-16(4,12-13-17)14-10-8-7-9-11-14/h13-14H,7-12H2,1-6H3. The fourth-order valence-corrected chi connectivity index (χ4v) is 4.63. The van der Waals surface area contributed by atoms with Crippen molar-refractivity contribution in [3.05, 3.63) is 0 Å². The van der Waals surface area contributed by atoms with Crippen molar-refractivity contribution in [2.24, 2.45) is 5.92 Å². The predicted molar refractivity (Wildman–Crippen MR) is 83.9 cm³/mol. The van der Waals surface area contributed by atoms with E-state index in [0.29, 0.717) is 12.3 Å². The highest BCUT2D eigenvalue weighted by Crippen LogP contribution is 2.44. The molecule has 0 aromatic carbocycles. The van der Waals surface area contributed by atoms with Crippen LogP contribution in [0.15, 0.2) is 0 Å². The fraction of sp³-hybridized carbons (Fsp3) is 0.938. The molecule has 1 unspecified atom stereocenters. The minimum absolute atomic E-state index is 0.200. The highest BCUT2D eigenvalue weighted by atomic mass is 28.4. The highest BCUT2D eigenvalue weighted by molar-refractivity contribution is 6.74. The fourth-order valence-electron chi connectivity index (χ4n) is 2.91. The third-order valence-electron chi connectivity index (χ3n) is 5.25. The summed E-state index contributed by atoms with van der Waals surface area (Å²) >= 11 is 0. The normalized spacial score (nSPS) is 22.0. The smallest absolute Gasteiger partial charge is 0.192 e. The van der Waals surface area contributed by atoms with E-state index in [-0.39, 0.29) is 10.6 Å². The van der Waals surface area contributed by atoms with Crippen LogP contribution in [0.25, 0.3) is 0 Å². The Morgan fingerprint density at radius 1 is 1.11 bits per heavy atom. The molecule has 19 heavy (non-hydrogen) atoms. The molecule has 1 fully saturated rings. The SMILES string of the molecule is CC(CC=O)(O[Si](C)(C)C(C)(C)C)C1CCCCC1. The summed E-state index contributed by atoms with van der Waals surface area (Å²) in [4.78, 5) is 11.1. The molecule has 1 saturated carbocycles. The molecular formula is C16H32O2Si. The Bertz CT molecular complexity index is 300. The summed E-state index contributed by atoms with van der Waals surface area (Å²) in [6, 6.07) is 0. The maximum Gasteiger partial charge on any atom is 0.192 e. The molecule has 0 aromatic rings. The summed E-state index contributed by atoms with van der Waals surface area (Å²) in [6.07, 6.45) is 7.97. The molecule has 0 spiro atoms. The summed E-state index contributed by atoms with van der Waals surface area (Å²) in [5.74, 6) is 0.556. The van der Waals surface area contributed by atoms with Crippen LogP contribution in [-0.2, 0) is 9.22 Å². The minimum atomic E-state index is -1.82. The minimum Gasteiger partial charge on any atom is -0.411 e. The summed E-state index contributed by atoms with van der Waals surface area (Å²) in [7, 11) is -1.82. The summed E-state index contributed by atoms with van der Waals surface area (Å²) in [5.41, 5.74) is -0.245. The lowest BCUT2D eigenvalue weighted by Crippen LogP contribution is -2.52. The average molecular weight is 285 g/mol. The van der Waals surface area contributed by atoms with Crippen molar-refractivity contribution in [3.8, 4) is 0 Å². The van der Waals surface area contributed by atoms with Gasteiger partial charge in [-0.2, -0.15) is 0 Å². The molecule has 0 heterocycles. The van der Waals surface area contributed by atoms with Gasteiger partial charge in [0, 0.05) is 6.42 Å². The molecule has 1 aliphatic carbocycles. The third-order valence-corrected chi connectivity index (χ3v) is 9.84. The molecule has 112 valence electrons. The first-order valence-corrected chi connectivity index (χ1v) is 10.7. The first kappa shape index (κ1) is 16.9. The second kappa shape index (κ2) is 6.09. The predicted octanol–water partition coefficient (Wildman–Crippen LogP) is 4.94. The van der Waals surface area contributed by atoms with Crippen molar-refractivity contribution < 1.29 is 9.22 Å². The van der Waals surface area contributed by atoms with E-state index >= 15 is 0 Å².